The molecule has 0 bridgehead atoms. The average molecular weight is 329 g/mol. The Morgan fingerprint density at radius 2 is 2.00 bits per heavy atom. The molecular formula is C12H13BrF4O. The van der Waals surface area contributed by atoms with Gasteiger partial charge in [0.25, 0.3) is 0 Å². The molecule has 0 aliphatic rings. The highest BCUT2D eigenvalue weighted by Crippen LogP contribution is 2.24. The summed E-state index contributed by atoms with van der Waals surface area (Å²) in [5.41, 5.74) is 0.610. The summed E-state index contributed by atoms with van der Waals surface area (Å²) in [6.45, 7) is -0.00765. The highest BCUT2D eigenvalue weighted by Gasteiger charge is 2.26. The second-order valence-corrected chi connectivity index (χ2v) is 4.43. The fourth-order valence-electron chi connectivity index (χ4n) is 1.43. The number of halogens is 5. The van der Waals surface area contributed by atoms with Crippen molar-refractivity contribution in [3.05, 3.63) is 35.6 Å². The molecule has 1 rings (SSSR count). The van der Waals surface area contributed by atoms with Gasteiger partial charge >= 0.3 is 6.18 Å². The Labute approximate surface area is 111 Å². The summed E-state index contributed by atoms with van der Waals surface area (Å²) in [5, 5.41) is 0.405. The van der Waals surface area contributed by atoms with Gasteiger partial charge < -0.3 is 4.74 Å². The molecule has 0 saturated carbocycles. The predicted octanol–water partition coefficient (Wildman–Crippen LogP) is 4.62. The van der Waals surface area contributed by atoms with Gasteiger partial charge in [0.1, 0.15) is 5.82 Å². The first kappa shape index (κ1) is 15.4. The topological polar surface area (TPSA) is 9.23 Å². The minimum Gasteiger partial charge on any atom is -0.373 e. The van der Waals surface area contributed by atoms with E-state index in [1.165, 1.54) is 12.1 Å². The Bertz CT molecular complexity index is 367. The highest BCUT2D eigenvalue weighted by atomic mass is 79.9. The number of hydrogen-bond acceptors (Lipinski definition) is 1. The number of alkyl halides is 4. The van der Waals surface area contributed by atoms with Crippen molar-refractivity contribution in [2.24, 2.45) is 0 Å². The van der Waals surface area contributed by atoms with Crippen molar-refractivity contribution in [3.63, 3.8) is 0 Å². The van der Waals surface area contributed by atoms with Crippen molar-refractivity contribution < 1.29 is 22.3 Å². The molecule has 0 spiro atoms. The number of benzene rings is 1. The van der Waals surface area contributed by atoms with E-state index in [-0.39, 0.29) is 13.0 Å². The largest absolute Gasteiger partial charge is 0.389 e. The number of ether oxygens (including phenoxy) is 1. The molecule has 6 heteroatoms. The summed E-state index contributed by atoms with van der Waals surface area (Å²) in [6, 6.07) is 5.84. The van der Waals surface area contributed by atoms with Gasteiger partial charge in [0.15, 0.2) is 0 Å². The molecule has 0 radical (unpaired) electrons. The normalized spacial score (nSPS) is 13.6. The van der Waals surface area contributed by atoms with Crippen molar-refractivity contribution in [3.8, 4) is 0 Å². The lowest BCUT2D eigenvalue weighted by Gasteiger charge is -2.16. The molecule has 0 aromatic heterocycles. The van der Waals surface area contributed by atoms with Crippen molar-refractivity contribution in [1.82, 2.24) is 0 Å². The summed E-state index contributed by atoms with van der Waals surface area (Å²) in [4.78, 5) is 0. The van der Waals surface area contributed by atoms with Crippen LogP contribution in [0.2, 0.25) is 0 Å². The van der Waals surface area contributed by atoms with Gasteiger partial charge in [-0.2, -0.15) is 13.2 Å². The maximum Gasteiger partial charge on any atom is 0.389 e. The van der Waals surface area contributed by atoms with E-state index < -0.39 is 24.5 Å². The van der Waals surface area contributed by atoms with Crippen LogP contribution in [-0.2, 0) is 4.74 Å². The van der Waals surface area contributed by atoms with Crippen molar-refractivity contribution in [1.29, 1.82) is 0 Å². The molecule has 0 amide bonds. The zero-order chi connectivity index (χ0) is 13.6. The van der Waals surface area contributed by atoms with E-state index in [1.54, 1.807) is 12.1 Å². The zero-order valence-corrected chi connectivity index (χ0v) is 11.1. The molecule has 1 aromatic rings. The van der Waals surface area contributed by atoms with Gasteiger partial charge in [-0.3, -0.25) is 0 Å². The minimum absolute atomic E-state index is 0.00765. The van der Waals surface area contributed by atoms with Gasteiger partial charge in [0.05, 0.1) is 6.10 Å². The lowest BCUT2D eigenvalue weighted by atomic mass is 10.1. The van der Waals surface area contributed by atoms with E-state index in [0.717, 1.165) is 0 Å². The van der Waals surface area contributed by atoms with E-state index in [0.29, 0.717) is 10.9 Å². The fraction of sp³-hybridized carbons (Fsp3) is 0.500. The lowest BCUT2D eigenvalue weighted by Crippen LogP contribution is -2.11. The third-order valence-electron chi connectivity index (χ3n) is 2.28. The maximum atomic E-state index is 13.0. The van der Waals surface area contributed by atoms with Crippen LogP contribution >= 0.6 is 15.9 Å². The summed E-state index contributed by atoms with van der Waals surface area (Å²) in [7, 11) is 0. The molecule has 1 unspecified atom stereocenters. The van der Waals surface area contributed by atoms with Crippen LogP contribution in [0.5, 0.6) is 0 Å². The van der Waals surface area contributed by atoms with E-state index in [9.17, 15) is 17.6 Å². The van der Waals surface area contributed by atoms with Crippen LogP contribution in [0.4, 0.5) is 17.6 Å². The Hall–Kier alpha value is -0.620. The predicted molar refractivity (Wildman–Crippen MR) is 64.2 cm³/mol. The fourth-order valence-corrected chi connectivity index (χ4v) is 2.00. The minimum atomic E-state index is -4.16. The quantitative estimate of drug-likeness (QED) is 0.420. The third kappa shape index (κ3) is 5.82. The smallest absolute Gasteiger partial charge is 0.373 e. The maximum absolute atomic E-state index is 13.0. The van der Waals surface area contributed by atoms with Gasteiger partial charge in [-0.05, 0) is 24.1 Å². The Balaban J connectivity index is 2.43. The van der Waals surface area contributed by atoms with E-state index in [1.807, 2.05) is 0 Å². The van der Waals surface area contributed by atoms with Gasteiger partial charge in [0.2, 0.25) is 0 Å². The van der Waals surface area contributed by atoms with Crippen molar-refractivity contribution in [2.75, 3.05) is 11.9 Å². The first-order valence-electron chi connectivity index (χ1n) is 5.42. The lowest BCUT2D eigenvalue weighted by molar-refractivity contribution is -0.138. The van der Waals surface area contributed by atoms with Crippen LogP contribution in [0.1, 0.15) is 24.5 Å². The summed E-state index contributed by atoms with van der Waals surface area (Å²) in [6.07, 6.45) is -5.56. The third-order valence-corrected chi connectivity index (χ3v) is 2.87. The number of rotatable bonds is 6. The molecule has 1 aromatic carbocycles. The molecule has 0 fully saturated rings. The molecular weight excluding hydrogens is 316 g/mol. The Kier molecular flexibility index (Phi) is 6.08. The van der Waals surface area contributed by atoms with Crippen LogP contribution in [0.15, 0.2) is 24.3 Å². The highest BCUT2D eigenvalue weighted by molar-refractivity contribution is 9.09. The second-order valence-electron chi connectivity index (χ2n) is 3.79. The van der Waals surface area contributed by atoms with Crippen LogP contribution in [-0.4, -0.2) is 18.1 Å². The number of hydrogen-bond donors (Lipinski definition) is 0. The molecule has 1 atom stereocenters. The molecule has 1 nitrogen and oxygen atoms in total. The molecule has 102 valence electrons. The van der Waals surface area contributed by atoms with E-state index in [4.69, 9.17) is 4.74 Å². The summed E-state index contributed by atoms with van der Waals surface area (Å²) < 4.78 is 54.1. The second kappa shape index (κ2) is 7.09. The van der Waals surface area contributed by atoms with Gasteiger partial charge in [-0.1, -0.05) is 28.1 Å². The first-order chi connectivity index (χ1) is 8.42. The summed E-state index contributed by atoms with van der Waals surface area (Å²) >= 11 is 3.20. The van der Waals surface area contributed by atoms with E-state index >= 15 is 0 Å². The Morgan fingerprint density at radius 1 is 1.28 bits per heavy atom. The first-order valence-corrected chi connectivity index (χ1v) is 6.54. The van der Waals surface area contributed by atoms with Crippen LogP contribution < -0.4 is 0 Å². The van der Waals surface area contributed by atoms with Crippen molar-refractivity contribution in [2.45, 2.75) is 25.1 Å². The van der Waals surface area contributed by atoms with Crippen LogP contribution in [0.3, 0.4) is 0 Å². The van der Waals surface area contributed by atoms with Crippen LogP contribution in [0, 0.1) is 5.82 Å². The SMILES string of the molecule is Fc1cccc(C(CBr)OCCCC(F)(F)F)c1. The monoisotopic (exact) mass is 328 g/mol. The summed E-state index contributed by atoms with van der Waals surface area (Å²) in [5.74, 6) is -0.391. The molecule has 0 aliphatic heterocycles. The molecule has 0 aliphatic carbocycles. The average Bonchev–Trinajstić information content (AvgIpc) is 2.27. The van der Waals surface area contributed by atoms with Crippen molar-refractivity contribution >= 4 is 15.9 Å². The standard InChI is InChI=1S/C12H13BrF4O/c13-8-11(9-3-1-4-10(14)7-9)18-6-2-5-12(15,16)17/h1,3-4,7,11H,2,5-6,8H2. The van der Waals surface area contributed by atoms with E-state index in [2.05, 4.69) is 15.9 Å². The van der Waals surface area contributed by atoms with Gasteiger partial charge in [-0.25, -0.2) is 4.39 Å². The van der Waals surface area contributed by atoms with Gasteiger partial charge in [0, 0.05) is 18.4 Å². The Morgan fingerprint density at radius 3 is 2.56 bits per heavy atom. The molecule has 0 heterocycles. The zero-order valence-electron chi connectivity index (χ0n) is 9.51. The molecule has 0 saturated heterocycles. The van der Waals surface area contributed by atoms with Crippen LogP contribution in [0.25, 0.3) is 0 Å². The molecule has 0 N–H and O–H groups in total. The van der Waals surface area contributed by atoms with Gasteiger partial charge in [-0.15, -0.1) is 0 Å². The molecule has 18 heavy (non-hydrogen) atoms.